The Kier molecular flexibility index (Phi) is 1.74. The summed E-state index contributed by atoms with van der Waals surface area (Å²) in [5, 5.41) is 5.51. The molecule has 3 rings (SSSR count). The maximum absolute atomic E-state index is 3.40. The number of H-pyrrole nitrogens is 1. The zero-order valence-corrected chi connectivity index (χ0v) is 8.34. The number of rotatable bonds is 0. The topological polar surface area (TPSA) is 15.8 Å². The van der Waals surface area contributed by atoms with E-state index in [1.807, 2.05) is 0 Å². The summed E-state index contributed by atoms with van der Waals surface area (Å²) in [4.78, 5) is 3.40. The lowest BCUT2D eigenvalue weighted by molar-refractivity contribution is 1.42. The van der Waals surface area contributed by atoms with Crippen molar-refractivity contribution in [1.82, 2.24) is 4.98 Å². The summed E-state index contributed by atoms with van der Waals surface area (Å²) in [7, 11) is 0. The van der Waals surface area contributed by atoms with Crippen LogP contribution in [0.1, 0.15) is 11.3 Å². The first-order valence-electron chi connectivity index (χ1n) is 4.54. The molecule has 0 unspecified atom stereocenters. The van der Waals surface area contributed by atoms with Crippen LogP contribution < -0.4 is 0 Å². The Morgan fingerprint density at radius 2 is 1.86 bits per heavy atom. The normalized spacial score (nSPS) is 14.3. The first kappa shape index (κ1) is 7.94. The standard InChI is InChI=1S/C12H9NS/c1-2-4-11-9(3-1)10-5-7-14-8-6-12(10)13-11/h1-8,13H. The Morgan fingerprint density at radius 3 is 2.86 bits per heavy atom. The van der Waals surface area contributed by atoms with Crippen LogP contribution in [0, 0.1) is 0 Å². The minimum absolute atomic E-state index is 1.20. The first-order valence-corrected chi connectivity index (χ1v) is 5.49. The molecule has 1 aliphatic rings. The van der Waals surface area contributed by atoms with Crippen LogP contribution in [0.25, 0.3) is 23.1 Å². The second-order valence-corrected chi connectivity index (χ2v) is 4.06. The first-order chi connectivity index (χ1) is 6.95. The van der Waals surface area contributed by atoms with Crippen LogP contribution in [0.4, 0.5) is 0 Å². The van der Waals surface area contributed by atoms with E-state index in [1.165, 1.54) is 22.2 Å². The van der Waals surface area contributed by atoms with Gasteiger partial charge in [0.2, 0.25) is 0 Å². The maximum Gasteiger partial charge on any atom is 0.0470 e. The molecule has 0 aliphatic carbocycles. The SMILES string of the molecule is C1=Cc2[nH]c3ccccc3c2C=CS1. The largest absolute Gasteiger partial charge is 0.354 e. The lowest BCUT2D eigenvalue weighted by atomic mass is 10.1. The molecule has 1 aromatic heterocycles. The van der Waals surface area contributed by atoms with Crippen LogP contribution in [-0.4, -0.2) is 4.98 Å². The van der Waals surface area contributed by atoms with Gasteiger partial charge >= 0.3 is 0 Å². The summed E-state index contributed by atoms with van der Waals surface area (Å²) in [6.07, 6.45) is 4.29. The molecule has 2 heterocycles. The van der Waals surface area contributed by atoms with E-state index in [9.17, 15) is 0 Å². The Bertz CT molecular complexity index is 534. The van der Waals surface area contributed by atoms with Crippen LogP contribution in [0.5, 0.6) is 0 Å². The fraction of sp³-hybridized carbons (Fsp3) is 0. The van der Waals surface area contributed by atoms with Crippen molar-refractivity contribution in [3.63, 3.8) is 0 Å². The van der Waals surface area contributed by atoms with Crippen LogP contribution in [0.3, 0.4) is 0 Å². The third kappa shape index (κ3) is 1.11. The van der Waals surface area contributed by atoms with Crippen LogP contribution in [-0.2, 0) is 0 Å². The van der Waals surface area contributed by atoms with Crippen molar-refractivity contribution >= 4 is 34.8 Å². The Balaban J connectivity index is 2.41. The Hall–Kier alpha value is -1.41. The van der Waals surface area contributed by atoms with Crippen molar-refractivity contribution in [2.75, 3.05) is 0 Å². The van der Waals surface area contributed by atoms with E-state index < -0.39 is 0 Å². The summed E-state index contributed by atoms with van der Waals surface area (Å²) in [5.74, 6) is 0. The van der Waals surface area contributed by atoms with Gasteiger partial charge in [-0.25, -0.2) is 0 Å². The molecule has 0 fully saturated rings. The number of aromatic nitrogens is 1. The molecule has 1 aliphatic heterocycles. The van der Waals surface area contributed by atoms with E-state index in [-0.39, 0.29) is 0 Å². The van der Waals surface area contributed by atoms with Gasteiger partial charge in [-0.1, -0.05) is 18.2 Å². The van der Waals surface area contributed by atoms with Crippen molar-refractivity contribution < 1.29 is 0 Å². The predicted molar refractivity (Wildman–Crippen MR) is 64.0 cm³/mol. The molecule has 0 bridgehead atoms. The highest BCUT2D eigenvalue weighted by atomic mass is 32.2. The number of aromatic amines is 1. The second kappa shape index (κ2) is 3.07. The van der Waals surface area contributed by atoms with E-state index in [1.54, 1.807) is 11.8 Å². The highest BCUT2D eigenvalue weighted by Gasteiger charge is 2.06. The van der Waals surface area contributed by atoms with Gasteiger partial charge in [-0.2, -0.15) is 0 Å². The molecule has 1 aromatic carbocycles. The van der Waals surface area contributed by atoms with Gasteiger partial charge in [0.1, 0.15) is 0 Å². The van der Waals surface area contributed by atoms with E-state index >= 15 is 0 Å². The van der Waals surface area contributed by atoms with Crippen molar-refractivity contribution in [3.8, 4) is 0 Å². The van der Waals surface area contributed by atoms with Gasteiger partial charge < -0.3 is 4.98 Å². The second-order valence-electron chi connectivity index (χ2n) is 3.24. The molecule has 0 saturated carbocycles. The lowest BCUT2D eigenvalue weighted by Crippen LogP contribution is -1.72. The lowest BCUT2D eigenvalue weighted by Gasteiger charge is -1.90. The van der Waals surface area contributed by atoms with E-state index in [0.29, 0.717) is 0 Å². The summed E-state index contributed by atoms with van der Waals surface area (Å²) in [5.41, 5.74) is 3.70. The van der Waals surface area contributed by atoms with Crippen molar-refractivity contribution in [2.45, 2.75) is 0 Å². The maximum atomic E-state index is 3.40. The Morgan fingerprint density at radius 1 is 1.00 bits per heavy atom. The van der Waals surface area contributed by atoms with Crippen molar-refractivity contribution in [2.24, 2.45) is 0 Å². The van der Waals surface area contributed by atoms with Crippen LogP contribution in [0.15, 0.2) is 35.1 Å². The third-order valence-electron chi connectivity index (χ3n) is 2.40. The van der Waals surface area contributed by atoms with Gasteiger partial charge in [0.25, 0.3) is 0 Å². The average Bonchev–Trinajstić information content (AvgIpc) is 2.42. The highest BCUT2D eigenvalue weighted by Crippen LogP contribution is 2.28. The summed E-state index contributed by atoms with van der Waals surface area (Å²) in [6, 6.07) is 8.39. The molecule has 1 N–H and O–H groups in total. The van der Waals surface area contributed by atoms with Gasteiger partial charge in [0, 0.05) is 22.2 Å². The van der Waals surface area contributed by atoms with E-state index in [2.05, 4.69) is 52.2 Å². The summed E-state index contributed by atoms with van der Waals surface area (Å²) in [6.45, 7) is 0. The molecule has 0 radical (unpaired) electrons. The van der Waals surface area contributed by atoms with E-state index in [4.69, 9.17) is 0 Å². The van der Waals surface area contributed by atoms with Crippen LogP contribution in [0.2, 0.25) is 0 Å². The van der Waals surface area contributed by atoms with Gasteiger partial charge in [0.05, 0.1) is 0 Å². The number of benzene rings is 1. The summed E-state index contributed by atoms with van der Waals surface area (Å²) >= 11 is 1.70. The number of fused-ring (bicyclic) bond motifs is 3. The molecule has 0 atom stereocenters. The number of thioether (sulfide) groups is 1. The smallest absolute Gasteiger partial charge is 0.0470 e. The molecular formula is C12H9NS. The van der Waals surface area contributed by atoms with Gasteiger partial charge in [0.15, 0.2) is 0 Å². The quantitative estimate of drug-likeness (QED) is 0.681. The van der Waals surface area contributed by atoms with Crippen molar-refractivity contribution in [1.29, 1.82) is 0 Å². The summed E-state index contributed by atoms with van der Waals surface area (Å²) < 4.78 is 0. The predicted octanol–water partition coefficient (Wildman–Crippen LogP) is 3.86. The monoisotopic (exact) mass is 199 g/mol. The van der Waals surface area contributed by atoms with Gasteiger partial charge in [-0.05, 0) is 29.0 Å². The number of para-hydroxylation sites is 1. The molecule has 14 heavy (non-hydrogen) atoms. The van der Waals surface area contributed by atoms with Crippen molar-refractivity contribution in [3.05, 3.63) is 46.3 Å². The fourth-order valence-electron chi connectivity index (χ4n) is 1.76. The Labute approximate surface area is 86.5 Å². The minimum atomic E-state index is 1.20. The molecule has 2 heteroatoms. The minimum Gasteiger partial charge on any atom is -0.354 e. The fourth-order valence-corrected chi connectivity index (χ4v) is 2.28. The molecule has 0 amide bonds. The molecular weight excluding hydrogens is 190 g/mol. The molecule has 2 aromatic rings. The molecule has 1 nitrogen and oxygen atoms in total. The average molecular weight is 199 g/mol. The molecule has 0 spiro atoms. The number of hydrogen-bond donors (Lipinski definition) is 1. The van der Waals surface area contributed by atoms with Gasteiger partial charge in [-0.3, -0.25) is 0 Å². The van der Waals surface area contributed by atoms with E-state index in [0.717, 1.165) is 0 Å². The van der Waals surface area contributed by atoms with Crippen LogP contribution >= 0.6 is 11.8 Å². The molecule has 0 saturated heterocycles. The highest BCUT2D eigenvalue weighted by molar-refractivity contribution is 8.05. The molecule has 68 valence electrons. The third-order valence-corrected chi connectivity index (χ3v) is 2.99. The zero-order valence-electron chi connectivity index (χ0n) is 7.53. The van der Waals surface area contributed by atoms with Gasteiger partial charge in [-0.15, -0.1) is 11.8 Å². The number of nitrogens with one attached hydrogen (secondary N) is 1. The number of hydrogen-bond acceptors (Lipinski definition) is 1. The zero-order chi connectivity index (χ0) is 9.38.